The van der Waals surface area contributed by atoms with Gasteiger partial charge in [0.25, 0.3) is 0 Å². The Kier molecular flexibility index (Phi) is 6.89. The second-order valence-electron chi connectivity index (χ2n) is 5.15. The third-order valence-corrected chi connectivity index (χ3v) is 4.67. The highest BCUT2D eigenvalue weighted by molar-refractivity contribution is 7.16. The molecule has 3 N–H and O–H groups in total. The number of aliphatic hydroxyl groups is 1. The van der Waals surface area contributed by atoms with E-state index in [-0.39, 0.29) is 12.6 Å². The molecule has 0 saturated carbocycles. The molecule has 2 aromatic rings. The van der Waals surface area contributed by atoms with Crippen LogP contribution in [0.5, 0.6) is 0 Å². The van der Waals surface area contributed by atoms with E-state index < -0.39 is 6.10 Å². The molecule has 0 radical (unpaired) electrons. The molecular formula is C17H22ClN3OS. The summed E-state index contributed by atoms with van der Waals surface area (Å²) in [7, 11) is 0. The summed E-state index contributed by atoms with van der Waals surface area (Å²) in [5.74, 6) is 0.686. The summed E-state index contributed by atoms with van der Waals surface area (Å²) >= 11 is 7.28. The summed E-state index contributed by atoms with van der Waals surface area (Å²) in [4.78, 5) is 5.30. The first-order chi connectivity index (χ1) is 11.1. The monoisotopic (exact) mass is 351 g/mol. The van der Waals surface area contributed by atoms with Crippen LogP contribution in [0.15, 0.2) is 47.5 Å². The standard InChI is InChI=1S/C17H22ClN3OS/c1-3-19-17(21-12(2)13-7-5-4-6-8-13)20-11-14(22)15-9-10-16(18)23-15/h4-10,12,14,22H,3,11H2,1-2H3,(H2,19,20,21). The van der Waals surface area contributed by atoms with Crippen molar-refractivity contribution in [3.63, 3.8) is 0 Å². The van der Waals surface area contributed by atoms with Crippen LogP contribution in [0.25, 0.3) is 0 Å². The van der Waals surface area contributed by atoms with E-state index in [4.69, 9.17) is 11.6 Å². The predicted octanol–water partition coefficient (Wildman–Crippen LogP) is 3.75. The molecule has 23 heavy (non-hydrogen) atoms. The minimum absolute atomic E-state index is 0.127. The molecule has 2 rings (SSSR count). The number of nitrogens with one attached hydrogen (secondary N) is 2. The molecule has 0 saturated heterocycles. The lowest BCUT2D eigenvalue weighted by Gasteiger charge is -2.18. The second kappa shape index (κ2) is 8.91. The topological polar surface area (TPSA) is 56.7 Å². The van der Waals surface area contributed by atoms with Crippen molar-refractivity contribution in [1.29, 1.82) is 0 Å². The van der Waals surface area contributed by atoms with Crippen LogP contribution >= 0.6 is 22.9 Å². The third kappa shape index (κ3) is 5.53. The Morgan fingerprint density at radius 3 is 2.61 bits per heavy atom. The summed E-state index contributed by atoms with van der Waals surface area (Å²) in [5, 5.41) is 16.7. The molecule has 0 amide bonds. The van der Waals surface area contributed by atoms with Gasteiger partial charge in [-0.05, 0) is 31.5 Å². The molecule has 0 bridgehead atoms. The molecule has 2 atom stereocenters. The zero-order valence-corrected chi connectivity index (χ0v) is 14.9. The summed E-state index contributed by atoms with van der Waals surface area (Å²) in [6.07, 6.45) is -0.644. The highest BCUT2D eigenvalue weighted by Gasteiger charge is 2.11. The number of aliphatic hydroxyl groups excluding tert-OH is 1. The quantitative estimate of drug-likeness (QED) is 0.548. The molecule has 2 unspecified atom stereocenters. The van der Waals surface area contributed by atoms with E-state index in [0.717, 1.165) is 11.4 Å². The number of aliphatic imine (C=N–C) groups is 1. The van der Waals surface area contributed by atoms with Gasteiger partial charge in [0.1, 0.15) is 6.10 Å². The van der Waals surface area contributed by atoms with Crippen LogP contribution in [0.4, 0.5) is 0 Å². The maximum Gasteiger partial charge on any atom is 0.191 e. The number of nitrogens with zero attached hydrogens (tertiary/aromatic N) is 1. The minimum atomic E-state index is -0.644. The second-order valence-corrected chi connectivity index (χ2v) is 6.90. The van der Waals surface area contributed by atoms with Crippen LogP contribution in [0, 0.1) is 0 Å². The Hall–Kier alpha value is -1.56. The van der Waals surface area contributed by atoms with Gasteiger partial charge in [-0.15, -0.1) is 11.3 Å². The maximum atomic E-state index is 10.2. The Morgan fingerprint density at radius 2 is 2.00 bits per heavy atom. The Bertz CT molecular complexity index is 630. The molecule has 0 aliphatic heterocycles. The van der Waals surface area contributed by atoms with Crippen LogP contribution in [0.3, 0.4) is 0 Å². The first-order valence-electron chi connectivity index (χ1n) is 7.63. The van der Waals surface area contributed by atoms with E-state index in [1.807, 2.05) is 31.2 Å². The number of halogens is 1. The number of thiophene rings is 1. The summed E-state index contributed by atoms with van der Waals surface area (Å²) < 4.78 is 0.672. The normalized spacial score (nSPS) is 14.3. The van der Waals surface area contributed by atoms with E-state index >= 15 is 0 Å². The number of benzene rings is 1. The van der Waals surface area contributed by atoms with Crippen LogP contribution in [0.1, 0.15) is 36.4 Å². The SMILES string of the molecule is CCNC(=NCC(O)c1ccc(Cl)s1)NC(C)c1ccccc1. The van der Waals surface area contributed by atoms with Crippen LogP contribution in [-0.4, -0.2) is 24.2 Å². The van der Waals surface area contributed by atoms with Crippen molar-refractivity contribution >= 4 is 28.9 Å². The van der Waals surface area contributed by atoms with E-state index in [9.17, 15) is 5.11 Å². The summed E-state index contributed by atoms with van der Waals surface area (Å²) in [5.41, 5.74) is 1.18. The zero-order valence-electron chi connectivity index (χ0n) is 13.3. The highest BCUT2D eigenvalue weighted by atomic mass is 35.5. The van der Waals surface area contributed by atoms with Gasteiger partial charge < -0.3 is 15.7 Å². The van der Waals surface area contributed by atoms with Gasteiger partial charge in [0.2, 0.25) is 0 Å². The fraction of sp³-hybridized carbons (Fsp3) is 0.353. The maximum absolute atomic E-state index is 10.2. The van der Waals surface area contributed by atoms with Crippen molar-refractivity contribution in [1.82, 2.24) is 10.6 Å². The highest BCUT2D eigenvalue weighted by Crippen LogP contribution is 2.26. The third-order valence-electron chi connectivity index (χ3n) is 3.34. The van der Waals surface area contributed by atoms with Gasteiger partial charge in [0.15, 0.2) is 5.96 Å². The fourth-order valence-corrected chi connectivity index (χ4v) is 3.16. The number of hydrogen-bond donors (Lipinski definition) is 3. The largest absolute Gasteiger partial charge is 0.386 e. The number of rotatable bonds is 6. The molecular weight excluding hydrogens is 330 g/mol. The van der Waals surface area contributed by atoms with E-state index in [1.165, 1.54) is 16.9 Å². The van der Waals surface area contributed by atoms with Gasteiger partial charge in [0.05, 0.1) is 16.9 Å². The smallest absolute Gasteiger partial charge is 0.191 e. The summed E-state index contributed by atoms with van der Waals surface area (Å²) in [6.45, 7) is 5.14. The molecule has 0 aliphatic rings. The first-order valence-corrected chi connectivity index (χ1v) is 8.82. The number of guanidine groups is 1. The van der Waals surface area contributed by atoms with Crippen molar-refractivity contribution in [3.8, 4) is 0 Å². The zero-order chi connectivity index (χ0) is 16.7. The molecule has 0 aliphatic carbocycles. The molecule has 1 heterocycles. The average molecular weight is 352 g/mol. The molecule has 0 spiro atoms. The van der Waals surface area contributed by atoms with Gasteiger partial charge in [-0.1, -0.05) is 41.9 Å². The van der Waals surface area contributed by atoms with Gasteiger partial charge in [-0.2, -0.15) is 0 Å². The number of hydrogen-bond acceptors (Lipinski definition) is 3. The van der Waals surface area contributed by atoms with Crippen molar-refractivity contribution in [2.45, 2.75) is 26.0 Å². The predicted molar refractivity (Wildman–Crippen MR) is 98.3 cm³/mol. The van der Waals surface area contributed by atoms with Gasteiger partial charge >= 0.3 is 0 Å². The molecule has 6 heteroatoms. The molecule has 4 nitrogen and oxygen atoms in total. The van der Waals surface area contributed by atoms with Gasteiger partial charge in [0, 0.05) is 11.4 Å². The van der Waals surface area contributed by atoms with Gasteiger partial charge in [-0.25, -0.2) is 0 Å². The van der Waals surface area contributed by atoms with E-state index in [1.54, 1.807) is 6.07 Å². The lowest BCUT2D eigenvalue weighted by molar-refractivity contribution is 0.191. The summed E-state index contributed by atoms with van der Waals surface area (Å²) in [6, 6.07) is 13.9. The van der Waals surface area contributed by atoms with Crippen molar-refractivity contribution in [2.75, 3.05) is 13.1 Å². The van der Waals surface area contributed by atoms with Crippen LogP contribution in [-0.2, 0) is 0 Å². The minimum Gasteiger partial charge on any atom is -0.386 e. The van der Waals surface area contributed by atoms with E-state index in [0.29, 0.717) is 10.3 Å². The Labute approximate surface area is 146 Å². The fourth-order valence-electron chi connectivity index (χ4n) is 2.13. The van der Waals surface area contributed by atoms with E-state index in [2.05, 4.69) is 34.7 Å². The Morgan fingerprint density at radius 1 is 1.26 bits per heavy atom. The molecule has 1 aromatic carbocycles. The van der Waals surface area contributed by atoms with Crippen LogP contribution < -0.4 is 10.6 Å². The van der Waals surface area contributed by atoms with Crippen molar-refractivity contribution < 1.29 is 5.11 Å². The Balaban J connectivity index is 1.99. The van der Waals surface area contributed by atoms with Gasteiger partial charge in [-0.3, -0.25) is 4.99 Å². The average Bonchev–Trinajstić information content (AvgIpc) is 3.00. The van der Waals surface area contributed by atoms with Crippen LogP contribution in [0.2, 0.25) is 4.34 Å². The molecule has 1 aromatic heterocycles. The van der Waals surface area contributed by atoms with Crippen molar-refractivity contribution in [2.24, 2.45) is 4.99 Å². The lowest BCUT2D eigenvalue weighted by Crippen LogP contribution is -2.39. The molecule has 0 fully saturated rings. The first kappa shape index (κ1) is 17.8. The molecule has 124 valence electrons. The lowest BCUT2D eigenvalue weighted by atomic mass is 10.1. The van der Waals surface area contributed by atoms with Crippen molar-refractivity contribution in [3.05, 3.63) is 57.2 Å².